The maximum atomic E-state index is 13.3. The molecule has 3 N–H and O–H groups in total. The number of nitrogens with two attached hydrogens (primary N) is 1. The molecule has 0 heterocycles. The number of hydrogen-bond donors (Lipinski definition) is 2. The molecule has 21 heavy (non-hydrogen) atoms. The highest BCUT2D eigenvalue weighted by Gasteiger charge is 2.13. The van der Waals surface area contributed by atoms with Crippen LogP contribution in [0.2, 0.25) is 0 Å². The van der Waals surface area contributed by atoms with Crippen LogP contribution in [0.3, 0.4) is 0 Å². The van der Waals surface area contributed by atoms with Crippen molar-refractivity contribution in [1.82, 2.24) is 5.43 Å². The van der Waals surface area contributed by atoms with E-state index in [1.807, 2.05) is 12.1 Å². The van der Waals surface area contributed by atoms with Gasteiger partial charge in [0.15, 0.2) is 0 Å². The zero-order chi connectivity index (χ0) is 15.4. The summed E-state index contributed by atoms with van der Waals surface area (Å²) in [6, 6.07) is 11.3. The first kappa shape index (κ1) is 15.6. The molecular weight excluding hydrogens is 270 g/mol. The van der Waals surface area contributed by atoms with E-state index in [0.717, 1.165) is 11.6 Å². The molecule has 0 saturated carbocycles. The number of nitrogens with one attached hydrogen (secondary N) is 1. The van der Waals surface area contributed by atoms with Gasteiger partial charge in [-0.05, 0) is 41.2 Å². The fourth-order valence-electron chi connectivity index (χ4n) is 2.32. The summed E-state index contributed by atoms with van der Waals surface area (Å²) in [4.78, 5) is 0. The van der Waals surface area contributed by atoms with Gasteiger partial charge >= 0.3 is 0 Å². The average Bonchev–Trinajstić information content (AvgIpc) is 2.44. The normalized spacial score (nSPS) is 12.7. The van der Waals surface area contributed by atoms with Gasteiger partial charge in [-0.2, -0.15) is 0 Å². The lowest BCUT2D eigenvalue weighted by Gasteiger charge is -2.17. The van der Waals surface area contributed by atoms with Crippen LogP contribution >= 0.6 is 0 Å². The van der Waals surface area contributed by atoms with Gasteiger partial charge in [0.25, 0.3) is 0 Å². The van der Waals surface area contributed by atoms with Crippen LogP contribution < -0.4 is 11.3 Å². The van der Waals surface area contributed by atoms with Crippen molar-refractivity contribution >= 4 is 0 Å². The van der Waals surface area contributed by atoms with Crippen molar-refractivity contribution in [3.8, 4) is 0 Å². The van der Waals surface area contributed by atoms with Gasteiger partial charge in [-0.3, -0.25) is 11.3 Å². The summed E-state index contributed by atoms with van der Waals surface area (Å²) in [5.41, 5.74) is 5.45. The lowest BCUT2D eigenvalue weighted by molar-refractivity contribution is 0.530. The monoisotopic (exact) mass is 290 g/mol. The molecule has 0 spiro atoms. The maximum absolute atomic E-state index is 13.3. The van der Waals surface area contributed by atoms with Crippen molar-refractivity contribution in [3.05, 3.63) is 70.8 Å². The molecule has 0 aliphatic rings. The van der Waals surface area contributed by atoms with Gasteiger partial charge < -0.3 is 0 Å². The quantitative estimate of drug-likeness (QED) is 0.648. The zero-order valence-corrected chi connectivity index (χ0v) is 12.2. The summed E-state index contributed by atoms with van der Waals surface area (Å²) in [5.74, 6) is 4.81. The Morgan fingerprint density at radius 3 is 2.00 bits per heavy atom. The molecule has 2 nitrogen and oxygen atoms in total. The van der Waals surface area contributed by atoms with Crippen LogP contribution in [-0.4, -0.2) is 0 Å². The maximum Gasteiger partial charge on any atom is 0.126 e. The molecule has 0 aliphatic carbocycles. The number of halogens is 2. The Morgan fingerprint density at radius 1 is 0.952 bits per heavy atom. The second kappa shape index (κ2) is 6.78. The van der Waals surface area contributed by atoms with Gasteiger partial charge in [-0.15, -0.1) is 0 Å². The molecule has 0 aliphatic heterocycles. The summed E-state index contributed by atoms with van der Waals surface area (Å²) in [6.07, 6.45) is 0.567. The smallest absolute Gasteiger partial charge is 0.126 e. The molecule has 112 valence electrons. The van der Waals surface area contributed by atoms with Gasteiger partial charge in [-0.25, -0.2) is 8.78 Å². The first-order valence-electron chi connectivity index (χ1n) is 7.00. The summed E-state index contributed by atoms with van der Waals surface area (Å²) in [5, 5.41) is 0. The Kier molecular flexibility index (Phi) is 5.04. The summed E-state index contributed by atoms with van der Waals surface area (Å²) < 4.78 is 26.6. The van der Waals surface area contributed by atoms with E-state index >= 15 is 0 Å². The molecule has 0 bridgehead atoms. The lowest BCUT2D eigenvalue weighted by atomic mass is 9.96. The molecule has 2 aromatic carbocycles. The molecule has 1 unspecified atom stereocenters. The van der Waals surface area contributed by atoms with Crippen LogP contribution in [0.4, 0.5) is 8.78 Å². The van der Waals surface area contributed by atoms with Crippen LogP contribution in [0.1, 0.15) is 42.5 Å². The third-order valence-corrected chi connectivity index (χ3v) is 3.57. The number of hydrogen-bond acceptors (Lipinski definition) is 2. The predicted molar refractivity (Wildman–Crippen MR) is 80.7 cm³/mol. The minimum absolute atomic E-state index is 0.333. The number of hydrazine groups is 1. The summed E-state index contributed by atoms with van der Waals surface area (Å²) in [7, 11) is 0. The fourth-order valence-corrected chi connectivity index (χ4v) is 2.32. The minimum Gasteiger partial charge on any atom is -0.271 e. The highest BCUT2D eigenvalue weighted by atomic mass is 19.1. The van der Waals surface area contributed by atoms with Crippen LogP contribution in [0.5, 0.6) is 0 Å². The number of benzene rings is 2. The molecule has 4 heteroatoms. The molecule has 1 atom stereocenters. The second-order valence-corrected chi connectivity index (χ2v) is 5.52. The zero-order valence-electron chi connectivity index (χ0n) is 12.2. The Balaban J connectivity index is 2.18. The van der Waals surface area contributed by atoms with E-state index in [4.69, 9.17) is 5.84 Å². The topological polar surface area (TPSA) is 38.0 Å². The molecule has 0 saturated heterocycles. The molecule has 0 fully saturated rings. The molecular formula is C17H20F2N2. The van der Waals surface area contributed by atoms with Gasteiger partial charge in [0, 0.05) is 6.07 Å². The summed E-state index contributed by atoms with van der Waals surface area (Å²) >= 11 is 0. The Bertz CT molecular complexity index is 574. The average molecular weight is 290 g/mol. The Labute approximate surface area is 124 Å². The van der Waals surface area contributed by atoms with Crippen LogP contribution in [0, 0.1) is 11.6 Å². The molecule has 2 aromatic rings. The minimum atomic E-state index is -0.597. The van der Waals surface area contributed by atoms with Crippen molar-refractivity contribution in [1.29, 1.82) is 0 Å². The van der Waals surface area contributed by atoms with E-state index < -0.39 is 11.6 Å². The molecule has 2 rings (SSSR count). The first-order chi connectivity index (χ1) is 9.99. The largest absolute Gasteiger partial charge is 0.271 e. The Morgan fingerprint density at radius 2 is 1.52 bits per heavy atom. The van der Waals surface area contributed by atoms with Crippen molar-refractivity contribution < 1.29 is 8.78 Å². The van der Waals surface area contributed by atoms with Crippen LogP contribution in [0.15, 0.2) is 42.5 Å². The summed E-state index contributed by atoms with van der Waals surface area (Å²) in [6.45, 7) is 4.27. The van der Waals surface area contributed by atoms with Crippen molar-refractivity contribution in [2.45, 2.75) is 32.2 Å². The molecule has 0 amide bonds. The van der Waals surface area contributed by atoms with Gasteiger partial charge in [0.05, 0.1) is 6.04 Å². The number of rotatable bonds is 5. The molecule has 0 aromatic heterocycles. The van der Waals surface area contributed by atoms with E-state index in [2.05, 4.69) is 31.4 Å². The molecule has 0 radical (unpaired) electrons. The van der Waals surface area contributed by atoms with E-state index in [9.17, 15) is 8.78 Å². The predicted octanol–water partition coefficient (Wildman–Crippen LogP) is 3.84. The van der Waals surface area contributed by atoms with Gasteiger partial charge in [-0.1, -0.05) is 38.1 Å². The van der Waals surface area contributed by atoms with E-state index in [-0.39, 0.29) is 6.04 Å². The van der Waals surface area contributed by atoms with Crippen molar-refractivity contribution in [2.75, 3.05) is 0 Å². The van der Waals surface area contributed by atoms with Crippen LogP contribution in [0.25, 0.3) is 0 Å². The highest BCUT2D eigenvalue weighted by Crippen LogP contribution is 2.21. The van der Waals surface area contributed by atoms with Crippen LogP contribution in [-0.2, 0) is 6.42 Å². The van der Waals surface area contributed by atoms with Gasteiger partial charge in [0.1, 0.15) is 11.6 Å². The van der Waals surface area contributed by atoms with E-state index in [1.165, 1.54) is 17.7 Å². The van der Waals surface area contributed by atoms with E-state index in [1.54, 1.807) is 0 Å². The van der Waals surface area contributed by atoms with Gasteiger partial charge in [0.2, 0.25) is 0 Å². The Hall–Kier alpha value is -1.78. The van der Waals surface area contributed by atoms with Crippen molar-refractivity contribution in [2.24, 2.45) is 5.84 Å². The third kappa shape index (κ3) is 4.09. The van der Waals surface area contributed by atoms with Crippen molar-refractivity contribution in [3.63, 3.8) is 0 Å². The highest BCUT2D eigenvalue weighted by molar-refractivity contribution is 5.28. The van der Waals surface area contributed by atoms with E-state index in [0.29, 0.717) is 17.9 Å². The second-order valence-electron chi connectivity index (χ2n) is 5.52. The lowest BCUT2D eigenvalue weighted by Crippen LogP contribution is -2.29. The SMILES string of the molecule is CC(C)c1ccc(CC(NN)c2cc(F)cc(F)c2)cc1. The fraction of sp³-hybridized carbons (Fsp3) is 0.294. The standard InChI is InChI=1S/C17H20F2N2/c1-11(2)13-5-3-12(4-6-13)7-17(21-20)14-8-15(18)10-16(19)9-14/h3-6,8-11,17,21H,7,20H2,1-2H3. The first-order valence-corrected chi connectivity index (χ1v) is 7.00. The third-order valence-electron chi connectivity index (χ3n) is 3.57.